The molecule has 0 radical (unpaired) electrons. The molecular weight excluding hydrogens is 278 g/mol. The van der Waals surface area contributed by atoms with Gasteiger partial charge in [0.25, 0.3) is 0 Å². The van der Waals surface area contributed by atoms with Gasteiger partial charge in [-0.1, -0.05) is 33.6 Å². The number of nitrogens with one attached hydrogen (secondary N) is 1. The van der Waals surface area contributed by atoms with Crippen molar-refractivity contribution in [3.8, 4) is 0 Å². The zero-order chi connectivity index (χ0) is 15.5. The maximum Gasteiger partial charge on any atom is 0.137 e. The zero-order valence-electron chi connectivity index (χ0n) is 14.1. The molecule has 1 aromatic heterocycles. The Bertz CT molecular complexity index is 474. The molecular formula is C17H29N3S. The summed E-state index contributed by atoms with van der Waals surface area (Å²) < 4.78 is 0. The zero-order valence-corrected chi connectivity index (χ0v) is 14.9. The first-order valence-corrected chi connectivity index (χ1v) is 9.16. The van der Waals surface area contributed by atoms with E-state index in [1.165, 1.54) is 37.0 Å². The minimum Gasteiger partial charge on any atom is -0.370 e. The smallest absolute Gasteiger partial charge is 0.137 e. The topological polar surface area (TPSA) is 37.8 Å². The number of nitrogens with zero attached hydrogens (tertiary/aromatic N) is 2. The summed E-state index contributed by atoms with van der Waals surface area (Å²) in [6.07, 6.45) is 5.60. The van der Waals surface area contributed by atoms with E-state index in [4.69, 9.17) is 9.97 Å². The molecule has 0 atom stereocenters. The second-order valence-electron chi connectivity index (χ2n) is 7.07. The minimum absolute atomic E-state index is 0.0134. The molecule has 0 aromatic carbocycles. The lowest BCUT2D eigenvalue weighted by molar-refractivity contribution is 0.538. The maximum absolute atomic E-state index is 4.86. The van der Waals surface area contributed by atoms with Gasteiger partial charge in [0.05, 0.1) is 0 Å². The Balaban J connectivity index is 2.22. The van der Waals surface area contributed by atoms with Crippen molar-refractivity contribution >= 4 is 17.6 Å². The summed E-state index contributed by atoms with van der Waals surface area (Å²) in [5.41, 5.74) is 1.19. The molecule has 3 nitrogen and oxygen atoms in total. The molecule has 1 fully saturated rings. The van der Waals surface area contributed by atoms with Gasteiger partial charge in [-0.05, 0) is 32.6 Å². The molecule has 0 unspecified atom stereocenters. The van der Waals surface area contributed by atoms with E-state index in [2.05, 4.69) is 39.9 Å². The van der Waals surface area contributed by atoms with Crippen LogP contribution in [0.15, 0.2) is 5.03 Å². The summed E-state index contributed by atoms with van der Waals surface area (Å²) in [4.78, 5) is 9.60. The summed E-state index contributed by atoms with van der Waals surface area (Å²) in [6.45, 7) is 11.7. The summed E-state index contributed by atoms with van der Waals surface area (Å²) >= 11 is 1.92. The van der Waals surface area contributed by atoms with Gasteiger partial charge in [-0.15, -0.1) is 11.8 Å². The van der Waals surface area contributed by atoms with E-state index in [0.717, 1.165) is 29.1 Å². The summed E-state index contributed by atoms with van der Waals surface area (Å²) in [6, 6.07) is 0. The average molecular weight is 308 g/mol. The highest BCUT2D eigenvalue weighted by atomic mass is 32.2. The molecule has 0 saturated heterocycles. The minimum atomic E-state index is -0.0134. The number of aromatic nitrogens is 2. The number of hydrogen-bond acceptors (Lipinski definition) is 4. The van der Waals surface area contributed by atoms with Crippen LogP contribution >= 0.6 is 11.8 Å². The Hall–Kier alpha value is -0.770. The van der Waals surface area contributed by atoms with E-state index >= 15 is 0 Å². The van der Waals surface area contributed by atoms with Crippen LogP contribution in [0.2, 0.25) is 0 Å². The Kier molecular flexibility index (Phi) is 5.53. The second kappa shape index (κ2) is 6.99. The molecule has 1 aliphatic carbocycles. The molecule has 21 heavy (non-hydrogen) atoms. The predicted octanol–water partition coefficient (Wildman–Crippen LogP) is 4.80. The molecule has 0 aliphatic heterocycles. The molecule has 0 bridgehead atoms. The van der Waals surface area contributed by atoms with Crippen molar-refractivity contribution in [2.24, 2.45) is 5.92 Å². The van der Waals surface area contributed by atoms with Crippen molar-refractivity contribution in [2.45, 2.75) is 70.7 Å². The van der Waals surface area contributed by atoms with E-state index in [1.54, 1.807) is 0 Å². The Labute approximate surface area is 133 Å². The third-order valence-corrected chi connectivity index (χ3v) is 5.36. The van der Waals surface area contributed by atoms with E-state index in [1.807, 2.05) is 11.8 Å². The van der Waals surface area contributed by atoms with Crippen molar-refractivity contribution in [3.63, 3.8) is 0 Å². The van der Waals surface area contributed by atoms with Gasteiger partial charge >= 0.3 is 0 Å². The third-order valence-electron chi connectivity index (χ3n) is 4.05. The van der Waals surface area contributed by atoms with Gasteiger partial charge in [0, 0.05) is 23.3 Å². The van der Waals surface area contributed by atoms with Crippen LogP contribution in [-0.4, -0.2) is 22.3 Å². The number of rotatable bonds is 5. The first kappa shape index (κ1) is 16.6. The molecule has 118 valence electrons. The van der Waals surface area contributed by atoms with Crippen molar-refractivity contribution in [2.75, 3.05) is 17.6 Å². The normalized spacial score (nSPS) is 16.4. The van der Waals surface area contributed by atoms with Gasteiger partial charge in [0.2, 0.25) is 0 Å². The molecule has 1 aromatic rings. The average Bonchev–Trinajstić information content (AvgIpc) is 2.91. The number of hydrogen-bond donors (Lipinski definition) is 1. The van der Waals surface area contributed by atoms with Crippen LogP contribution in [0.4, 0.5) is 5.82 Å². The van der Waals surface area contributed by atoms with Crippen molar-refractivity contribution in [1.29, 1.82) is 0 Å². The molecule has 0 amide bonds. The van der Waals surface area contributed by atoms with Crippen LogP contribution in [0, 0.1) is 12.8 Å². The maximum atomic E-state index is 4.86. The van der Waals surface area contributed by atoms with Crippen LogP contribution in [0.5, 0.6) is 0 Å². The van der Waals surface area contributed by atoms with Gasteiger partial charge in [-0.25, -0.2) is 9.97 Å². The first-order valence-electron chi connectivity index (χ1n) is 8.17. The largest absolute Gasteiger partial charge is 0.370 e. The van der Waals surface area contributed by atoms with E-state index in [0.29, 0.717) is 0 Å². The van der Waals surface area contributed by atoms with Crippen molar-refractivity contribution < 1.29 is 0 Å². The summed E-state index contributed by atoms with van der Waals surface area (Å²) in [5.74, 6) is 4.03. The van der Waals surface area contributed by atoms with Crippen LogP contribution < -0.4 is 5.32 Å². The van der Waals surface area contributed by atoms with E-state index < -0.39 is 0 Å². The molecule has 2 rings (SSSR count). The highest BCUT2D eigenvalue weighted by Gasteiger charge is 2.22. The van der Waals surface area contributed by atoms with Gasteiger partial charge in [-0.2, -0.15) is 0 Å². The molecule has 0 spiro atoms. The van der Waals surface area contributed by atoms with Gasteiger partial charge < -0.3 is 5.32 Å². The fourth-order valence-corrected chi connectivity index (χ4v) is 3.88. The van der Waals surface area contributed by atoms with E-state index in [-0.39, 0.29) is 5.41 Å². The lowest BCUT2D eigenvalue weighted by atomic mass is 9.95. The standard InChI is InChI=1S/C17H29N3S/c1-6-18-14-12(2)15(20-16(19-14)17(3,4)5)21-11-13-9-7-8-10-13/h13H,6-11H2,1-5H3,(H,18,19,20). The van der Waals surface area contributed by atoms with Crippen LogP contribution in [0.25, 0.3) is 0 Å². The highest BCUT2D eigenvalue weighted by molar-refractivity contribution is 7.99. The molecule has 1 saturated carbocycles. The predicted molar refractivity (Wildman–Crippen MR) is 92.3 cm³/mol. The van der Waals surface area contributed by atoms with Crippen molar-refractivity contribution in [1.82, 2.24) is 9.97 Å². The third kappa shape index (κ3) is 4.35. The summed E-state index contributed by atoms with van der Waals surface area (Å²) in [5, 5.41) is 4.56. The second-order valence-corrected chi connectivity index (χ2v) is 8.08. The molecule has 4 heteroatoms. The van der Waals surface area contributed by atoms with E-state index in [9.17, 15) is 0 Å². The van der Waals surface area contributed by atoms with Gasteiger partial charge in [0.15, 0.2) is 0 Å². The quantitative estimate of drug-likeness (QED) is 0.626. The fraction of sp³-hybridized carbons (Fsp3) is 0.765. The van der Waals surface area contributed by atoms with Crippen LogP contribution in [0.3, 0.4) is 0 Å². The monoisotopic (exact) mass is 307 g/mol. The molecule has 1 aliphatic rings. The van der Waals surface area contributed by atoms with Gasteiger partial charge in [0.1, 0.15) is 16.7 Å². The van der Waals surface area contributed by atoms with Crippen LogP contribution in [0.1, 0.15) is 64.8 Å². The summed E-state index contributed by atoms with van der Waals surface area (Å²) in [7, 11) is 0. The highest BCUT2D eigenvalue weighted by Crippen LogP contribution is 2.34. The SMILES string of the molecule is CCNc1nc(C(C)(C)C)nc(SCC2CCCC2)c1C. The Morgan fingerprint density at radius 2 is 1.86 bits per heavy atom. The molecule has 1 heterocycles. The van der Waals surface area contributed by atoms with Gasteiger partial charge in [-0.3, -0.25) is 0 Å². The van der Waals surface area contributed by atoms with Crippen LogP contribution in [-0.2, 0) is 5.41 Å². The fourth-order valence-electron chi connectivity index (χ4n) is 2.69. The Morgan fingerprint density at radius 1 is 1.19 bits per heavy atom. The number of thioether (sulfide) groups is 1. The number of anilines is 1. The van der Waals surface area contributed by atoms with Crippen molar-refractivity contribution in [3.05, 3.63) is 11.4 Å². The molecule has 1 N–H and O–H groups in total. The lowest BCUT2D eigenvalue weighted by Crippen LogP contribution is -2.19. The lowest BCUT2D eigenvalue weighted by Gasteiger charge is -2.21. The Morgan fingerprint density at radius 3 is 2.43 bits per heavy atom. The first-order chi connectivity index (χ1) is 9.91.